The van der Waals surface area contributed by atoms with Gasteiger partial charge in [0.2, 0.25) is 5.91 Å². The standard InChI is InChI=1S/C12H24N2O3/c1-4-11(15)9-13-5-7-17-8-6-14-12(16)10(2)3/h10,13H,4-9H2,1-3H3,(H,14,16). The van der Waals surface area contributed by atoms with Crippen molar-refractivity contribution in [3.05, 3.63) is 0 Å². The van der Waals surface area contributed by atoms with Crippen molar-refractivity contribution < 1.29 is 14.3 Å². The lowest BCUT2D eigenvalue weighted by atomic mass is 10.2. The van der Waals surface area contributed by atoms with Crippen molar-refractivity contribution in [2.45, 2.75) is 27.2 Å². The van der Waals surface area contributed by atoms with Crippen LogP contribution in [0.4, 0.5) is 0 Å². The first-order valence-electron chi connectivity index (χ1n) is 6.15. The second kappa shape index (κ2) is 10.2. The third kappa shape index (κ3) is 9.96. The second-order valence-electron chi connectivity index (χ2n) is 4.13. The lowest BCUT2D eigenvalue weighted by Gasteiger charge is -2.08. The molecule has 0 saturated carbocycles. The van der Waals surface area contributed by atoms with E-state index in [9.17, 15) is 9.59 Å². The van der Waals surface area contributed by atoms with Crippen LogP contribution in [0.3, 0.4) is 0 Å². The number of ether oxygens (including phenoxy) is 1. The van der Waals surface area contributed by atoms with Crippen molar-refractivity contribution in [2.24, 2.45) is 5.92 Å². The molecule has 0 heterocycles. The van der Waals surface area contributed by atoms with Crippen molar-refractivity contribution in [1.82, 2.24) is 10.6 Å². The zero-order chi connectivity index (χ0) is 13.1. The van der Waals surface area contributed by atoms with E-state index in [1.165, 1.54) is 0 Å². The number of amides is 1. The molecule has 2 N–H and O–H groups in total. The number of hydrogen-bond acceptors (Lipinski definition) is 4. The highest BCUT2D eigenvalue weighted by molar-refractivity contribution is 5.80. The Bertz CT molecular complexity index is 230. The molecule has 0 aromatic rings. The zero-order valence-corrected chi connectivity index (χ0v) is 11.0. The largest absolute Gasteiger partial charge is 0.378 e. The minimum absolute atomic E-state index is 0.0109. The third-order valence-corrected chi connectivity index (χ3v) is 2.21. The van der Waals surface area contributed by atoms with Gasteiger partial charge in [0.1, 0.15) is 5.78 Å². The van der Waals surface area contributed by atoms with E-state index in [0.717, 1.165) is 0 Å². The van der Waals surface area contributed by atoms with Crippen LogP contribution in [0.1, 0.15) is 27.2 Å². The first-order chi connectivity index (χ1) is 8.07. The van der Waals surface area contributed by atoms with E-state index in [1.807, 2.05) is 20.8 Å². The fraction of sp³-hybridized carbons (Fsp3) is 0.833. The van der Waals surface area contributed by atoms with Gasteiger partial charge in [-0.25, -0.2) is 0 Å². The number of hydrogen-bond donors (Lipinski definition) is 2. The van der Waals surface area contributed by atoms with E-state index in [4.69, 9.17) is 4.74 Å². The number of carbonyl (C=O) groups is 2. The Kier molecular flexibility index (Phi) is 9.66. The van der Waals surface area contributed by atoms with Gasteiger partial charge in [-0.3, -0.25) is 9.59 Å². The van der Waals surface area contributed by atoms with Gasteiger partial charge in [0, 0.05) is 25.4 Å². The molecule has 0 rings (SSSR count). The maximum absolute atomic E-state index is 11.2. The van der Waals surface area contributed by atoms with Crippen LogP contribution in [-0.2, 0) is 14.3 Å². The molecule has 0 atom stereocenters. The highest BCUT2D eigenvalue weighted by Gasteiger charge is 2.04. The molecule has 100 valence electrons. The number of Topliss-reactive ketones (excluding diaryl/α,β-unsaturated/α-hetero) is 1. The van der Waals surface area contributed by atoms with Gasteiger partial charge in [0.25, 0.3) is 0 Å². The highest BCUT2D eigenvalue weighted by Crippen LogP contribution is 1.89. The maximum Gasteiger partial charge on any atom is 0.222 e. The number of rotatable bonds is 10. The van der Waals surface area contributed by atoms with Crippen LogP contribution in [0.15, 0.2) is 0 Å². The quantitative estimate of drug-likeness (QED) is 0.544. The van der Waals surface area contributed by atoms with Crippen LogP contribution in [-0.4, -0.2) is 44.5 Å². The Balaban J connectivity index is 3.19. The fourth-order valence-electron chi connectivity index (χ4n) is 1.05. The summed E-state index contributed by atoms with van der Waals surface area (Å²) in [5.74, 6) is 0.256. The van der Waals surface area contributed by atoms with Crippen LogP contribution >= 0.6 is 0 Å². The zero-order valence-electron chi connectivity index (χ0n) is 11.0. The van der Waals surface area contributed by atoms with Crippen LogP contribution < -0.4 is 10.6 Å². The van der Waals surface area contributed by atoms with Gasteiger partial charge in [0.05, 0.1) is 19.8 Å². The lowest BCUT2D eigenvalue weighted by molar-refractivity contribution is -0.124. The summed E-state index contributed by atoms with van der Waals surface area (Å²) >= 11 is 0. The molecule has 0 fully saturated rings. The lowest BCUT2D eigenvalue weighted by Crippen LogP contribution is -2.31. The number of nitrogens with one attached hydrogen (secondary N) is 2. The van der Waals surface area contributed by atoms with E-state index in [0.29, 0.717) is 39.3 Å². The molecular formula is C12H24N2O3. The van der Waals surface area contributed by atoms with Gasteiger partial charge in [-0.2, -0.15) is 0 Å². The Morgan fingerprint density at radius 2 is 1.82 bits per heavy atom. The van der Waals surface area contributed by atoms with E-state index >= 15 is 0 Å². The minimum atomic E-state index is 0.0109. The predicted molar refractivity (Wildman–Crippen MR) is 66.8 cm³/mol. The summed E-state index contributed by atoms with van der Waals surface area (Å²) in [5, 5.41) is 5.75. The highest BCUT2D eigenvalue weighted by atomic mass is 16.5. The Labute approximate surface area is 103 Å². The summed E-state index contributed by atoms with van der Waals surface area (Å²) in [4.78, 5) is 22.1. The van der Waals surface area contributed by atoms with Crippen molar-refractivity contribution in [1.29, 1.82) is 0 Å². The predicted octanol–water partition coefficient (Wildman–Crippen LogP) is 0.344. The normalized spacial score (nSPS) is 10.6. The number of carbonyl (C=O) groups excluding carboxylic acids is 2. The van der Waals surface area contributed by atoms with Crippen LogP contribution in [0.25, 0.3) is 0 Å². The Hall–Kier alpha value is -0.940. The molecule has 5 nitrogen and oxygen atoms in total. The SMILES string of the molecule is CCC(=O)CNCCOCCNC(=O)C(C)C. The molecule has 0 aliphatic rings. The Morgan fingerprint density at radius 3 is 2.41 bits per heavy atom. The summed E-state index contributed by atoms with van der Waals surface area (Å²) in [7, 11) is 0. The third-order valence-electron chi connectivity index (χ3n) is 2.21. The van der Waals surface area contributed by atoms with Gasteiger partial charge >= 0.3 is 0 Å². The second-order valence-corrected chi connectivity index (χ2v) is 4.13. The van der Waals surface area contributed by atoms with E-state index in [2.05, 4.69) is 10.6 Å². The molecule has 17 heavy (non-hydrogen) atoms. The fourth-order valence-corrected chi connectivity index (χ4v) is 1.05. The molecule has 5 heteroatoms. The summed E-state index contributed by atoms with van der Waals surface area (Å²) in [5.41, 5.74) is 0. The summed E-state index contributed by atoms with van der Waals surface area (Å²) in [6.45, 7) is 8.20. The molecule has 0 saturated heterocycles. The summed E-state index contributed by atoms with van der Waals surface area (Å²) in [6.07, 6.45) is 0.565. The van der Waals surface area contributed by atoms with E-state index < -0.39 is 0 Å². The van der Waals surface area contributed by atoms with Gasteiger partial charge in [-0.05, 0) is 0 Å². The molecule has 0 bridgehead atoms. The maximum atomic E-state index is 11.2. The van der Waals surface area contributed by atoms with E-state index in [-0.39, 0.29) is 17.6 Å². The molecule has 0 unspecified atom stereocenters. The van der Waals surface area contributed by atoms with Crippen LogP contribution in [0.5, 0.6) is 0 Å². The molecule has 0 aliphatic heterocycles. The Morgan fingerprint density at radius 1 is 1.18 bits per heavy atom. The van der Waals surface area contributed by atoms with Crippen LogP contribution in [0, 0.1) is 5.92 Å². The average molecular weight is 244 g/mol. The molecule has 0 aliphatic carbocycles. The van der Waals surface area contributed by atoms with Crippen molar-refractivity contribution in [3.63, 3.8) is 0 Å². The molecular weight excluding hydrogens is 220 g/mol. The first-order valence-corrected chi connectivity index (χ1v) is 6.15. The molecule has 0 spiro atoms. The van der Waals surface area contributed by atoms with Gasteiger partial charge in [-0.1, -0.05) is 20.8 Å². The summed E-state index contributed by atoms with van der Waals surface area (Å²) in [6, 6.07) is 0. The molecule has 1 amide bonds. The van der Waals surface area contributed by atoms with Crippen molar-refractivity contribution in [3.8, 4) is 0 Å². The number of ketones is 1. The smallest absolute Gasteiger partial charge is 0.222 e. The summed E-state index contributed by atoms with van der Waals surface area (Å²) < 4.78 is 5.29. The van der Waals surface area contributed by atoms with Crippen molar-refractivity contribution >= 4 is 11.7 Å². The van der Waals surface area contributed by atoms with Crippen molar-refractivity contribution in [2.75, 3.05) is 32.8 Å². The molecule has 0 aromatic heterocycles. The van der Waals surface area contributed by atoms with Crippen LogP contribution in [0.2, 0.25) is 0 Å². The average Bonchev–Trinajstić information content (AvgIpc) is 2.31. The monoisotopic (exact) mass is 244 g/mol. The van der Waals surface area contributed by atoms with Gasteiger partial charge in [-0.15, -0.1) is 0 Å². The molecule has 0 radical (unpaired) electrons. The first kappa shape index (κ1) is 16.1. The minimum Gasteiger partial charge on any atom is -0.378 e. The van der Waals surface area contributed by atoms with Gasteiger partial charge < -0.3 is 15.4 Å². The molecule has 0 aromatic carbocycles. The van der Waals surface area contributed by atoms with Gasteiger partial charge in [0.15, 0.2) is 0 Å². The topological polar surface area (TPSA) is 67.4 Å². The van der Waals surface area contributed by atoms with E-state index in [1.54, 1.807) is 0 Å².